The normalized spacial score (nSPS) is 11.3. The van der Waals surface area contributed by atoms with Crippen molar-refractivity contribution in [3.8, 4) is 0 Å². The predicted molar refractivity (Wildman–Crippen MR) is 68.6 cm³/mol. The Hall–Kier alpha value is -1.80. The first kappa shape index (κ1) is 9.43. The fourth-order valence-electron chi connectivity index (χ4n) is 2.30. The van der Waals surface area contributed by atoms with Crippen molar-refractivity contribution in [2.75, 3.05) is 6.54 Å². The number of para-hydroxylation sites is 2. The lowest BCUT2D eigenvalue weighted by Gasteiger charge is -2.00. The number of rotatable bonds is 2. The zero-order valence-corrected chi connectivity index (χ0v) is 9.03. The summed E-state index contributed by atoms with van der Waals surface area (Å²) >= 11 is 0. The van der Waals surface area contributed by atoms with E-state index in [2.05, 4.69) is 47.4 Å². The third-order valence-electron chi connectivity index (χ3n) is 3.04. The largest absolute Gasteiger partial charge is 0.354 e. The van der Waals surface area contributed by atoms with E-state index in [0.717, 1.165) is 6.42 Å². The van der Waals surface area contributed by atoms with Crippen LogP contribution in [0.25, 0.3) is 21.8 Å². The van der Waals surface area contributed by atoms with Crippen LogP contribution in [0, 0.1) is 0 Å². The van der Waals surface area contributed by atoms with E-state index in [1.807, 2.05) is 0 Å². The Balaban J connectivity index is 2.39. The first-order chi connectivity index (χ1) is 7.90. The average molecular weight is 210 g/mol. The van der Waals surface area contributed by atoms with Crippen LogP contribution in [-0.4, -0.2) is 11.5 Å². The number of nitrogens with two attached hydrogens (primary N) is 1. The number of aromatic amines is 1. The number of fused-ring (bicyclic) bond motifs is 3. The molecule has 0 aliphatic carbocycles. The highest BCUT2D eigenvalue weighted by Gasteiger charge is 2.06. The number of benzene rings is 2. The summed E-state index contributed by atoms with van der Waals surface area (Å²) in [5.41, 5.74) is 9.36. The molecule has 1 heterocycles. The molecule has 0 saturated heterocycles. The van der Waals surface area contributed by atoms with Gasteiger partial charge in [0.2, 0.25) is 0 Å². The molecule has 0 saturated carbocycles. The Morgan fingerprint density at radius 3 is 2.62 bits per heavy atom. The minimum atomic E-state index is 0.689. The summed E-state index contributed by atoms with van der Waals surface area (Å²) in [6.07, 6.45) is 0.921. The molecule has 2 nitrogen and oxygen atoms in total. The number of hydrogen-bond donors (Lipinski definition) is 2. The molecule has 0 radical (unpaired) electrons. The minimum absolute atomic E-state index is 0.689. The molecular formula is C14H14N2. The van der Waals surface area contributed by atoms with Crippen molar-refractivity contribution in [3.63, 3.8) is 0 Å². The maximum atomic E-state index is 5.63. The van der Waals surface area contributed by atoms with E-state index < -0.39 is 0 Å². The van der Waals surface area contributed by atoms with Gasteiger partial charge in [0.15, 0.2) is 0 Å². The van der Waals surface area contributed by atoms with Gasteiger partial charge in [-0.1, -0.05) is 36.4 Å². The van der Waals surface area contributed by atoms with Crippen LogP contribution in [-0.2, 0) is 6.42 Å². The molecule has 16 heavy (non-hydrogen) atoms. The van der Waals surface area contributed by atoms with Crippen LogP contribution in [0.1, 0.15) is 5.56 Å². The molecule has 0 atom stereocenters. The minimum Gasteiger partial charge on any atom is -0.354 e. The molecule has 2 heteroatoms. The molecule has 3 rings (SSSR count). The first-order valence-corrected chi connectivity index (χ1v) is 5.58. The Bertz CT molecular complexity index is 637. The maximum Gasteiger partial charge on any atom is 0.0497 e. The van der Waals surface area contributed by atoms with Gasteiger partial charge >= 0.3 is 0 Å². The SMILES string of the molecule is NCCc1cccc2c1[nH]c1ccccc12. The van der Waals surface area contributed by atoms with E-state index in [1.54, 1.807) is 0 Å². The summed E-state index contributed by atoms with van der Waals surface area (Å²) in [4.78, 5) is 3.48. The summed E-state index contributed by atoms with van der Waals surface area (Å²) in [6.45, 7) is 0.689. The van der Waals surface area contributed by atoms with Crippen LogP contribution < -0.4 is 5.73 Å². The molecule has 80 valence electrons. The van der Waals surface area contributed by atoms with Gasteiger partial charge in [-0.15, -0.1) is 0 Å². The highest BCUT2D eigenvalue weighted by molar-refractivity contribution is 6.08. The molecule has 1 aromatic heterocycles. The molecule has 0 amide bonds. The van der Waals surface area contributed by atoms with Gasteiger partial charge in [0.25, 0.3) is 0 Å². The molecule has 0 aliphatic heterocycles. The first-order valence-electron chi connectivity index (χ1n) is 5.58. The maximum absolute atomic E-state index is 5.63. The Morgan fingerprint density at radius 2 is 1.75 bits per heavy atom. The van der Waals surface area contributed by atoms with Crippen molar-refractivity contribution in [1.82, 2.24) is 4.98 Å². The molecule has 0 unspecified atom stereocenters. The topological polar surface area (TPSA) is 41.8 Å². The smallest absolute Gasteiger partial charge is 0.0497 e. The number of H-pyrrole nitrogens is 1. The van der Waals surface area contributed by atoms with Crippen LogP contribution in [0.15, 0.2) is 42.5 Å². The predicted octanol–water partition coefficient (Wildman–Crippen LogP) is 2.82. The van der Waals surface area contributed by atoms with E-state index in [-0.39, 0.29) is 0 Å². The zero-order chi connectivity index (χ0) is 11.0. The van der Waals surface area contributed by atoms with Crippen molar-refractivity contribution >= 4 is 21.8 Å². The van der Waals surface area contributed by atoms with Gasteiger partial charge in [0.1, 0.15) is 0 Å². The number of hydrogen-bond acceptors (Lipinski definition) is 1. The van der Waals surface area contributed by atoms with Crippen LogP contribution in [0.5, 0.6) is 0 Å². The van der Waals surface area contributed by atoms with Crippen LogP contribution in [0.4, 0.5) is 0 Å². The summed E-state index contributed by atoms with van der Waals surface area (Å²) in [6, 6.07) is 14.8. The van der Waals surface area contributed by atoms with Crippen LogP contribution in [0.3, 0.4) is 0 Å². The van der Waals surface area contributed by atoms with Gasteiger partial charge in [-0.3, -0.25) is 0 Å². The Kier molecular flexibility index (Phi) is 2.15. The van der Waals surface area contributed by atoms with Crippen molar-refractivity contribution in [2.45, 2.75) is 6.42 Å². The summed E-state index contributed by atoms with van der Waals surface area (Å²) in [7, 11) is 0. The third-order valence-corrected chi connectivity index (χ3v) is 3.04. The van der Waals surface area contributed by atoms with Gasteiger partial charge in [0, 0.05) is 21.8 Å². The van der Waals surface area contributed by atoms with Crippen LogP contribution in [0.2, 0.25) is 0 Å². The lowest BCUT2D eigenvalue weighted by Crippen LogP contribution is -2.02. The van der Waals surface area contributed by atoms with Gasteiger partial charge in [-0.2, -0.15) is 0 Å². The Labute approximate surface area is 94.1 Å². The molecular weight excluding hydrogens is 196 g/mol. The van der Waals surface area contributed by atoms with Crippen molar-refractivity contribution in [2.24, 2.45) is 5.73 Å². The van der Waals surface area contributed by atoms with Gasteiger partial charge in [-0.05, 0) is 24.6 Å². The van der Waals surface area contributed by atoms with E-state index in [0.29, 0.717) is 6.54 Å². The quantitative estimate of drug-likeness (QED) is 0.671. The monoisotopic (exact) mass is 210 g/mol. The fraction of sp³-hybridized carbons (Fsp3) is 0.143. The summed E-state index contributed by atoms with van der Waals surface area (Å²) in [5, 5.41) is 2.58. The highest BCUT2D eigenvalue weighted by Crippen LogP contribution is 2.27. The second-order valence-corrected chi connectivity index (χ2v) is 4.05. The van der Waals surface area contributed by atoms with E-state index in [4.69, 9.17) is 5.73 Å². The summed E-state index contributed by atoms with van der Waals surface area (Å²) < 4.78 is 0. The zero-order valence-electron chi connectivity index (χ0n) is 9.03. The highest BCUT2D eigenvalue weighted by atomic mass is 14.7. The van der Waals surface area contributed by atoms with E-state index >= 15 is 0 Å². The second-order valence-electron chi connectivity index (χ2n) is 4.05. The third kappa shape index (κ3) is 1.31. The lowest BCUT2D eigenvalue weighted by atomic mass is 10.1. The Morgan fingerprint density at radius 1 is 0.938 bits per heavy atom. The fourth-order valence-corrected chi connectivity index (χ4v) is 2.30. The molecule has 3 aromatic rings. The van der Waals surface area contributed by atoms with E-state index in [9.17, 15) is 0 Å². The standard InChI is InChI=1S/C14H14N2/c15-9-8-10-4-3-6-12-11-5-1-2-7-13(11)16-14(10)12/h1-7,16H,8-9,15H2. The van der Waals surface area contributed by atoms with Crippen molar-refractivity contribution in [3.05, 3.63) is 48.0 Å². The van der Waals surface area contributed by atoms with Crippen molar-refractivity contribution in [1.29, 1.82) is 0 Å². The number of aromatic nitrogens is 1. The van der Waals surface area contributed by atoms with Gasteiger partial charge < -0.3 is 10.7 Å². The van der Waals surface area contributed by atoms with E-state index in [1.165, 1.54) is 27.4 Å². The van der Waals surface area contributed by atoms with Crippen molar-refractivity contribution < 1.29 is 0 Å². The van der Waals surface area contributed by atoms with Crippen LogP contribution >= 0.6 is 0 Å². The van der Waals surface area contributed by atoms with Gasteiger partial charge in [-0.25, -0.2) is 0 Å². The molecule has 0 fully saturated rings. The molecule has 0 aliphatic rings. The van der Waals surface area contributed by atoms with Gasteiger partial charge in [0.05, 0.1) is 0 Å². The molecule has 3 N–H and O–H groups in total. The lowest BCUT2D eigenvalue weighted by molar-refractivity contribution is 0.975. The molecule has 0 bridgehead atoms. The molecule has 2 aromatic carbocycles. The molecule has 0 spiro atoms. The average Bonchev–Trinajstić information content (AvgIpc) is 2.69. The summed E-state index contributed by atoms with van der Waals surface area (Å²) in [5.74, 6) is 0. The number of nitrogens with one attached hydrogen (secondary N) is 1. The second kappa shape index (κ2) is 3.65.